The van der Waals surface area contributed by atoms with Crippen molar-refractivity contribution in [2.45, 2.75) is 324 Å². The highest BCUT2D eigenvalue weighted by molar-refractivity contribution is 7.47. The molecule has 0 aliphatic carbocycles. The van der Waals surface area contributed by atoms with E-state index in [1.807, 2.05) is 0 Å². The van der Waals surface area contributed by atoms with E-state index in [4.69, 9.17) is 37.0 Å². The molecule has 0 rings (SSSR count). The summed E-state index contributed by atoms with van der Waals surface area (Å²) in [6.45, 7) is 11.6. The van der Waals surface area contributed by atoms with E-state index in [1.165, 1.54) is 89.9 Å². The summed E-state index contributed by atoms with van der Waals surface area (Å²) in [5, 5.41) is 10.6. The van der Waals surface area contributed by atoms with Gasteiger partial charge in [-0.2, -0.15) is 0 Å². The number of hydrogen-bond acceptors (Lipinski definition) is 15. The lowest BCUT2D eigenvalue weighted by Gasteiger charge is -2.21. The van der Waals surface area contributed by atoms with Crippen LogP contribution in [0.2, 0.25) is 0 Å². The van der Waals surface area contributed by atoms with Gasteiger partial charge in [0.25, 0.3) is 0 Å². The fourth-order valence-corrected chi connectivity index (χ4v) is 11.0. The van der Waals surface area contributed by atoms with Gasteiger partial charge in [0, 0.05) is 25.7 Å². The molecule has 0 spiro atoms. The van der Waals surface area contributed by atoms with Crippen LogP contribution in [0, 0.1) is 17.8 Å². The molecule has 0 aliphatic heterocycles. The number of aliphatic hydroxyl groups excluding tert-OH is 1. The van der Waals surface area contributed by atoms with Crippen LogP contribution < -0.4 is 0 Å². The van der Waals surface area contributed by atoms with Gasteiger partial charge in [0.2, 0.25) is 0 Å². The Balaban J connectivity index is 5.29. The number of carbonyl (C=O) groups is 4. The first kappa shape index (κ1) is 83.5. The zero-order valence-corrected chi connectivity index (χ0v) is 57.0. The Morgan fingerprint density at radius 1 is 0.384 bits per heavy atom. The molecule has 7 atom stereocenters. The molecule has 3 N–H and O–H groups in total. The van der Waals surface area contributed by atoms with Gasteiger partial charge in [-0.15, -0.1) is 0 Å². The summed E-state index contributed by atoms with van der Waals surface area (Å²) in [7, 11) is -9.91. The zero-order chi connectivity index (χ0) is 63.8. The predicted octanol–water partition coefficient (Wildman–Crippen LogP) is 18.2. The molecule has 0 saturated heterocycles. The molecule has 0 heterocycles. The van der Waals surface area contributed by atoms with Gasteiger partial charge in [-0.25, -0.2) is 9.13 Å². The third-order valence-corrected chi connectivity index (χ3v) is 17.4. The molecule has 0 aromatic carbocycles. The van der Waals surface area contributed by atoms with Crippen LogP contribution in [-0.4, -0.2) is 96.7 Å². The average molecular weight is 1270 g/mol. The first-order chi connectivity index (χ1) is 41.3. The number of phosphoric ester groups is 2. The first-order valence-corrected chi connectivity index (χ1v) is 37.2. The number of rotatable bonds is 63. The lowest BCUT2D eigenvalue weighted by atomic mass is 10.00. The summed E-state index contributed by atoms with van der Waals surface area (Å²) in [4.78, 5) is 72.3. The molecule has 0 bridgehead atoms. The molecule has 0 fully saturated rings. The molecule has 0 aromatic rings. The summed E-state index contributed by atoms with van der Waals surface area (Å²) in [5.74, 6) is 0.00732. The molecule has 0 radical (unpaired) electrons. The molecule has 0 aliphatic rings. The molecule has 506 valence electrons. The smallest absolute Gasteiger partial charge is 0.462 e. The van der Waals surface area contributed by atoms with Crippen molar-refractivity contribution in [3.63, 3.8) is 0 Å². The monoisotopic (exact) mass is 1260 g/mol. The predicted molar refractivity (Wildman–Crippen MR) is 344 cm³/mol. The van der Waals surface area contributed by atoms with Crippen molar-refractivity contribution in [2.75, 3.05) is 39.6 Å². The number of unbranched alkanes of at least 4 members (excludes halogenated alkanes) is 26. The summed E-state index contributed by atoms with van der Waals surface area (Å²) < 4.78 is 68.1. The van der Waals surface area contributed by atoms with E-state index in [2.05, 4.69) is 72.8 Å². The Bertz CT molecular complexity index is 1800. The summed E-state index contributed by atoms with van der Waals surface area (Å²) in [6.07, 6.45) is 42.6. The highest BCUT2D eigenvalue weighted by Gasteiger charge is 2.30. The molecule has 4 unspecified atom stereocenters. The van der Waals surface area contributed by atoms with Crippen molar-refractivity contribution in [3.8, 4) is 0 Å². The average Bonchev–Trinajstić information content (AvgIpc) is 3.65. The van der Waals surface area contributed by atoms with Crippen LogP contribution >= 0.6 is 15.6 Å². The maximum atomic E-state index is 13.0. The Morgan fingerprint density at radius 3 is 1.03 bits per heavy atom. The van der Waals surface area contributed by atoms with E-state index in [9.17, 15) is 43.2 Å². The normalized spacial score (nSPS) is 15.1. The van der Waals surface area contributed by atoms with Gasteiger partial charge < -0.3 is 33.8 Å². The quantitative estimate of drug-likeness (QED) is 0.0169. The molecular formula is C67H126O17P2. The molecular weight excluding hydrogens is 1140 g/mol. The highest BCUT2D eigenvalue weighted by atomic mass is 31.2. The molecule has 19 heteroatoms. The number of ether oxygens (including phenoxy) is 4. The highest BCUT2D eigenvalue weighted by Crippen LogP contribution is 2.45. The fourth-order valence-electron chi connectivity index (χ4n) is 9.41. The van der Waals surface area contributed by atoms with Crippen molar-refractivity contribution in [3.05, 3.63) is 24.3 Å². The van der Waals surface area contributed by atoms with Gasteiger partial charge in [0.05, 0.1) is 26.4 Å². The second-order valence-electron chi connectivity index (χ2n) is 24.5. The van der Waals surface area contributed by atoms with Crippen LogP contribution in [0.3, 0.4) is 0 Å². The number of allylic oxidation sites excluding steroid dienone is 4. The number of carbonyl (C=O) groups excluding carboxylic acids is 4. The van der Waals surface area contributed by atoms with Gasteiger partial charge in [0.1, 0.15) is 19.3 Å². The lowest BCUT2D eigenvalue weighted by molar-refractivity contribution is -0.161. The van der Waals surface area contributed by atoms with Gasteiger partial charge >= 0.3 is 39.5 Å². The molecule has 86 heavy (non-hydrogen) atoms. The minimum atomic E-state index is -4.96. The van der Waals surface area contributed by atoms with E-state index in [1.54, 1.807) is 0 Å². The van der Waals surface area contributed by atoms with Gasteiger partial charge in [-0.3, -0.25) is 37.3 Å². The maximum Gasteiger partial charge on any atom is 0.472 e. The largest absolute Gasteiger partial charge is 0.472 e. The Morgan fingerprint density at radius 2 is 0.686 bits per heavy atom. The summed E-state index contributed by atoms with van der Waals surface area (Å²) >= 11 is 0. The van der Waals surface area contributed by atoms with Crippen LogP contribution in [0.25, 0.3) is 0 Å². The molecule has 0 amide bonds. The number of hydrogen-bond donors (Lipinski definition) is 3. The van der Waals surface area contributed by atoms with E-state index in [0.717, 1.165) is 127 Å². The van der Waals surface area contributed by atoms with E-state index in [0.29, 0.717) is 31.6 Å². The standard InChI is InChI=1S/C67H126O17P2/c1-8-11-12-13-14-15-16-17-18-19-20-21-25-36-43-50-66(71)83-62(54-77-64(69)48-41-34-29-27-32-39-46-59(6)9-2)56-81-85(73,74)79-52-61(68)53-80-86(75,76)82-57-63(55-78-65(70)49-42-35-30-28-33-40-47-60(7)10-3)84-67(72)51-44-37-26-23-22-24-31-38-45-58(4)5/h15-18,58-63,68H,8-14,19-57H2,1-7H3,(H,73,74)(H,75,76)/b16-15-,18-17-/t59?,60?,61-,62+,63+/m0/s1. The maximum absolute atomic E-state index is 13.0. The van der Waals surface area contributed by atoms with Crippen LogP contribution in [-0.2, 0) is 65.4 Å². The lowest BCUT2D eigenvalue weighted by Crippen LogP contribution is -2.30. The van der Waals surface area contributed by atoms with Crippen molar-refractivity contribution in [1.82, 2.24) is 0 Å². The minimum absolute atomic E-state index is 0.0834. The molecule has 17 nitrogen and oxygen atoms in total. The van der Waals surface area contributed by atoms with Crippen LogP contribution in [0.15, 0.2) is 24.3 Å². The minimum Gasteiger partial charge on any atom is -0.462 e. The summed E-state index contributed by atoms with van der Waals surface area (Å²) in [5.41, 5.74) is 0. The van der Waals surface area contributed by atoms with E-state index >= 15 is 0 Å². The Kier molecular flexibility index (Phi) is 56.0. The zero-order valence-electron chi connectivity index (χ0n) is 55.3. The molecule has 0 saturated carbocycles. The van der Waals surface area contributed by atoms with Crippen molar-refractivity contribution >= 4 is 39.5 Å². The third kappa shape index (κ3) is 57.9. The van der Waals surface area contributed by atoms with Crippen LogP contribution in [0.4, 0.5) is 0 Å². The molecule has 0 aromatic heterocycles. The van der Waals surface area contributed by atoms with Crippen molar-refractivity contribution in [1.29, 1.82) is 0 Å². The Hall–Kier alpha value is -2.46. The number of aliphatic hydroxyl groups is 1. The van der Waals surface area contributed by atoms with Crippen molar-refractivity contribution < 1.29 is 80.2 Å². The van der Waals surface area contributed by atoms with Crippen LogP contribution in [0.1, 0.15) is 305 Å². The SMILES string of the molecule is CCCCCC/C=C\C=C/CCCCCCCC(=O)O[C@H](COC(=O)CCCCCCCCC(C)CC)COP(=O)(O)OC[C@H](O)COP(=O)(O)OC[C@@H](COC(=O)CCCCCCCCC(C)CC)OC(=O)CCCCCCCCCCC(C)C. The Labute approximate surface area is 522 Å². The second-order valence-corrected chi connectivity index (χ2v) is 27.4. The van der Waals surface area contributed by atoms with Crippen molar-refractivity contribution in [2.24, 2.45) is 17.8 Å². The first-order valence-electron chi connectivity index (χ1n) is 34.2. The van der Waals surface area contributed by atoms with Gasteiger partial charge in [0.15, 0.2) is 12.2 Å². The number of esters is 4. The van der Waals surface area contributed by atoms with Gasteiger partial charge in [-0.1, -0.05) is 253 Å². The second kappa shape index (κ2) is 57.7. The van der Waals surface area contributed by atoms with Crippen LogP contribution in [0.5, 0.6) is 0 Å². The third-order valence-electron chi connectivity index (χ3n) is 15.5. The van der Waals surface area contributed by atoms with E-state index < -0.39 is 97.5 Å². The number of phosphoric acid groups is 2. The topological polar surface area (TPSA) is 237 Å². The van der Waals surface area contributed by atoms with Gasteiger partial charge in [-0.05, 0) is 69.1 Å². The fraction of sp³-hybridized carbons (Fsp3) is 0.881. The summed E-state index contributed by atoms with van der Waals surface area (Å²) in [6, 6.07) is 0. The van der Waals surface area contributed by atoms with E-state index in [-0.39, 0.29) is 25.7 Å².